The highest BCUT2D eigenvalue weighted by Gasteiger charge is 2.29. The van der Waals surface area contributed by atoms with Crippen LogP contribution in [0.1, 0.15) is 46.6 Å². The topological polar surface area (TPSA) is 0 Å². The Morgan fingerprint density at radius 3 is 2.00 bits per heavy atom. The molecule has 0 aliphatic heterocycles. The van der Waals surface area contributed by atoms with Crippen LogP contribution in [-0.4, -0.2) is 0 Å². The normalized spacial score (nSPS) is 12.5. The van der Waals surface area contributed by atoms with Crippen LogP contribution >= 0.6 is 0 Å². The van der Waals surface area contributed by atoms with Gasteiger partial charge in [-0.15, -0.1) is 0 Å². The molecule has 0 heterocycles. The van der Waals surface area contributed by atoms with Gasteiger partial charge in [0.15, 0.2) is 11.6 Å². The third-order valence-corrected chi connectivity index (χ3v) is 3.87. The first-order valence-corrected chi connectivity index (χ1v) is 7.65. The van der Waals surface area contributed by atoms with Crippen LogP contribution in [-0.2, 0) is 5.41 Å². The Bertz CT molecular complexity index is 649. The van der Waals surface area contributed by atoms with E-state index in [0.717, 1.165) is 12.0 Å². The van der Waals surface area contributed by atoms with Crippen molar-refractivity contribution in [1.29, 1.82) is 0 Å². The monoisotopic (exact) mass is 302 g/mol. The van der Waals surface area contributed by atoms with Gasteiger partial charge in [-0.05, 0) is 40.5 Å². The van der Waals surface area contributed by atoms with Gasteiger partial charge < -0.3 is 0 Å². The molecular formula is C20H24F2. The Labute approximate surface area is 132 Å². The molecule has 0 aromatic heterocycles. The maximum atomic E-state index is 14.2. The third-order valence-electron chi connectivity index (χ3n) is 3.87. The molecule has 118 valence electrons. The molecule has 0 spiro atoms. The Morgan fingerprint density at radius 2 is 1.45 bits per heavy atom. The first kappa shape index (κ1) is 16.7. The lowest BCUT2D eigenvalue weighted by molar-refractivity contribution is 0.283. The molecule has 0 unspecified atom stereocenters. The average Bonchev–Trinajstić information content (AvgIpc) is 2.40. The van der Waals surface area contributed by atoms with Crippen molar-refractivity contribution in [2.45, 2.75) is 46.5 Å². The lowest BCUT2D eigenvalue weighted by Gasteiger charge is -2.33. The van der Waals surface area contributed by atoms with E-state index in [4.69, 9.17) is 0 Å². The van der Waals surface area contributed by atoms with E-state index in [2.05, 4.69) is 34.6 Å². The fourth-order valence-electron chi connectivity index (χ4n) is 3.24. The fourth-order valence-corrected chi connectivity index (χ4v) is 3.24. The molecular weight excluding hydrogens is 278 g/mol. The first-order chi connectivity index (χ1) is 10.1. The molecule has 0 amide bonds. The first-order valence-electron chi connectivity index (χ1n) is 7.65. The summed E-state index contributed by atoms with van der Waals surface area (Å²) in [7, 11) is 0. The Kier molecular flexibility index (Phi) is 4.42. The number of hydrogen-bond acceptors (Lipinski definition) is 0. The van der Waals surface area contributed by atoms with E-state index in [0.29, 0.717) is 11.1 Å². The molecule has 0 aliphatic carbocycles. The van der Waals surface area contributed by atoms with Gasteiger partial charge in [-0.2, -0.15) is 0 Å². The second-order valence-electron chi connectivity index (χ2n) is 7.81. The Hall–Kier alpha value is -1.70. The highest BCUT2D eigenvalue weighted by molar-refractivity contribution is 5.65. The summed E-state index contributed by atoms with van der Waals surface area (Å²) in [4.78, 5) is 0. The average molecular weight is 302 g/mol. The second kappa shape index (κ2) is 5.83. The highest BCUT2D eigenvalue weighted by Crippen LogP contribution is 2.38. The van der Waals surface area contributed by atoms with Gasteiger partial charge in [-0.3, -0.25) is 0 Å². The standard InChI is InChI=1S/C20H24F2/c1-19(2,3)13-20(4,5)15-11-16(18(22)17(21)12-15)14-9-7-6-8-10-14/h6-12H,13H2,1-5H3. The van der Waals surface area contributed by atoms with Crippen LogP contribution in [0.5, 0.6) is 0 Å². The molecule has 0 N–H and O–H groups in total. The molecule has 2 aromatic carbocycles. The number of hydrogen-bond donors (Lipinski definition) is 0. The van der Waals surface area contributed by atoms with Crippen LogP contribution in [0.25, 0.3) is 11.1 Å². The van der Waals surface area contributed by atoms with Gasteiger partial charge >= 0.3 is 0 Å². The fraction of sp³-hybridized carbons (Fsp3) is 0.400. The zero-order valence-electron chi connectivity index (χ0n) is 14.0. The van der Waals surface area contributed by atoms with E-state index in [1.54, 1.807) is 18.2 Å². The number of rotatable bonds is 3. The summed E-state index contributed by atoms with van der Waals surface area (Å²) in [5.74, 6) is -1.56. The summed E-state index contributed by atoms with van der Waals surface area (Å²) in [6.07, 6.45) is 0.888. The highest BCUT2D eigenvalue weighted by atomic mass is 19.2. The van der Waals surface area contributed by atoms with Gasteiger partial charge in [-0.25, -0.2) is 8.78 Å². The van der Waals surface area contributed by atoms with E-state index in [-0.39, 0.29) is 10.8 Å². The van der Waals surface area contributed by atoms with Crippen molar-refractivity contribution in [2.24, 2.45) is 5.41 Å². The van der Waals surface area contributed by atoms with E-state index in [9.17, 15) is 8.78 Å². The maximum Gasteiger partial charge on any atom is 0.166 e. The van der Waals surface area contributed by atoms with Gasteiger partial charge in [-0.1, -0.05) is 65.0 Å². The molecule has 0 nitrogen and oxygen atoms in total. The van der Waals surface area contributed by atoms with E-state index >= 15 is 0 Å². The summed E-state index contributed by atoms with van der Waals surface area (Å²) >= 11 is 0. The molecule has 0 atom stereocenters. The number of halogens is 2. The zero-order valence-corrected chi connectivity index (χ0v) is 14.0. The van der Waals surface area contributed by atoms with Crippen molar-refractivity contribution in [2.75, 3.05) is 0 Å². The molecule has 2 aromatic rings. The van der Waals surface area contributed by atoms with Gasteiger partial charge in [0.25, 0.3) is 0 Å². The van der Waals surface area contributed by atoms with E-state index < -0.39 is 11.6 Å². The molecule has 2 rings (SSSR count). The lowest BCUT2D eigenvalue weighted by atomic mass is 9.72. The summed E-state index contributed by atoms with van der Waals surface area (Å²) in [6, 6.07) is 12.3. The van der Waals surface area contributed by atoms with Crippen molar-refractivity contribution in [1.82, 2.24) is 0 Å². The quantitative estimate of drug-likeness (QED) is 0.620. The van der Waals surface area contributed by atoms with Crippen LogP contribution in [0.3, 0.4) is 0 Å². The van der Waals surface area contributed by atoms with Gasteiger partial charge in [0.2, 0.25) is 0 Å². The van der Waals surface area contributed by atoms with Crippen molar-refractivity contribution < 1.29 is 8.78 Å². The minimum absolute atomic E-state index is 0.112. The summed E-state index contributed by atoms with van der Waals surface area (Å²) < 4.78 is 28.3. The minimum atomic E-state index is -0.779. The molecule has 0 saturated carbocycles. The van der Waals surface area contributed by atoms with Crippen LogP contribution in [0, 0.1) is 17.0 Å². The molecule has 2 heteroatoms. The zero-order chi connectivity index (χ0) is 16.5. The van der Waals surface area contributed by atoms with Gasteiger partial charge in [0, 0.05) is 5.56 Å². The Morgan fingerprint density at radius 1 is 0.864 bits per heavy atom. The van der Waals surface area contributed by atoms with Crippen molar-refractivity contribution in [3.05, 3.63) is 59.7 Å². The van der Waals surface area contributed by atoms with E-state index in [1.807, 2.05) is 18.2 Å². The minimum Gasteiger partial charge on any atom is -0.204 e. The molecule has 0 fully saturated rings. The molecule has 0 radical (unpaired) electrons. The van der Waals surface area contributed by atoms with Gasteiger partial charge in [0.1, 0.15) is 0 Å². The Balaban J connectivity index is 2.54. The smallest absolute Gasteiger partial charge is 0.166 e. The number of benzene rings is 2. The van der Waals surface area contributed by atoms with Crippen LogP contribution in [0.2, 0.25) is 0 Å². The van der Waals surface area contributed by atoms with Crippen LogP contribution in [0.4, 0.5) is 8.78 Å². The molecule has 0 bridgehead atoms. The predicted octanol–water partition coefficient (Wildman–Crippen LogP) is 6.35. The largest absolute Gasteiger partial charge is 0.204 e. The van der Waals surface area contributed by atoms with Crippen LogP contribution in [0.15, 0.2) is 42.5 Å². The molecule has 0 saturated heterocycles. The lowest BCUT2D eigenvalue weighted by Crippen LogP contribution is -2.25. The third kappa shape index (κ3) is 3.73. The van der Waals surface area contributed by atoms with Crippen molar-refractivity contribution in [3.8, 4) is 11.1 Å². The SMILES string of the molecule is CC(C)(C)CC(C)(C)c1cc(F)c(F)c(-c2ccccc2)c1. The maximum absolute atomic E-state index is 14.2. The molecule has 0 aliphatic rings. The predicted molar refractivity (Wildman–Crippen MR) is 88.9 cm³/mol. The van der Waals surface area contributed by atoms with Crippen LogP contribution < -0.4 is 0 Å². The van der Waals surface area contributed by atoms with E-state index in [1.165, 1.54) is 6.07 Å². The van der Waals surface area contributed by atoms with Gasteiger partial charge in [0.05, 0.1) is 0 Å². The second-order valence-corrected chi connectivity index (χ2v) is 7.81. The summed E-state index contributed by atoms with van der Waals surface area (Å²) in [5, 5.41) is 0. The van der Waals surface area contributed by atoms with Crippen molar-refractivity contribution >= 4 is 0 Å². The summed E-state index contributed by atoms with van der Waals surface area (Å²) in [6.45, 7) is 10.6. The van der Waals surface area contributed by atoms with Crippen molar-refractivity contribution in [3.63, 3.8) is 0 Å². The summed E-state index contributed by atoms with van der Waals surface area (Å²) in [5.41, 5.74) is 1.75. The molecule has 22 heavy (non-hydrogen) atoms.